The number of pyridine rings is 1. The predicted octanol–water partition coefficient (Wildman–Crippen LogP) is 3.03. The number of carbonyl (C=O) groups is 1. The van der Waals surface area contributed by atoms with E-state index >= 15 is 0 Å². The number of non-ortho nitro benzene ring substituents is 1. The number of nitro benzene ring substituents is 1. The van der Waals surface area contributed by atoms with Gasteiger partial charge in [0.15, 0.2) is 0 Å². The lowest BCUT2D eigenvalue weighted by Gasteiger charge is -2.14. The summed E-state index contributed by atoms with van der Waals surface area (Å²) in [6, 6.07) is 6.01. The molecule has 1 unspecified atom stereocenters. The van der Waals surface area contributed by atoms with Crippen LogP contribution >= 0.6 is 0 Å². The zero-order valence-electron chi connectivity index (χ0n) is 11.2. The molecule has 0 aliphatic carbocycles. The first kappa shape index (κ1) is 13.9. The molecule has 1 aromatic heterocycles. The average molecular weight is 274 g/mol. The maximum Gasteiger partial charge on any atom is 0.310 e. The summed E-state index contributed by atoms with van der Waals surface area (Å²) in [6.45, 7) is 3.55. The minimum absolute atomic E-state index is 0.0651. The summed E-state index contributed by atoms with van der Waals surface area (Å²) in [7, 11) is 0. The third-order valence-corrected chi connectivity index (χ3v) is 3.24. The second-order valence-electron chi connectivity index (χ2n) is 4.61. The molecule has 0 radical (unpaired) electrons. The first-order chi connectivity index (χ1) is 9.43. The molecule has 20 heavy (non-hydrogen) atoms. The molecule has 0 fully saturated rings. The summed E-state index contributed by atoms with van der Waals surface area (Å²) >= 11 is 0. The molecular weight excluding hydrogens is 260 g/mol. The molecule has 104 valence electrons. The molecule has 0 aliphatic heterocycles. The Morgan fingerprint density at radius 1 is 1.45 bits per heavy atom. The summed E-state index contributed by atoms with van der Waals surface area (Å²) in [5.41, 5.74) is 1.78. The van der Waals surface area contributed by atoms with Gasteiger partial charge in [-0.1, -0.05) is 6.92 Å². The molecule has 0 saturated carbocycles. The van der Waals surface area contributed by atoms with E-state index in [1.165, 1.54) is 12.1 Å². The average Bonchev–Trinajstić information content (AvgIpc) is 2.38. The molecule has 1 aromatic carbocycles. The molecule has 0 aliphatic rings. The first-order valence-electron chi connectivity index (χ1n) is 6.22. The molecular formula is C14H14N2O4. The molecule has 0 spiro atoms. The van der Waals surface area contributed by atoms with Crippen LogP contribution in [0.1, 0.15) is 30.5 Å². The number of benzene rings is 1. The van der Waals surface area contributed by atoms with E-state index in [-0.39, 0.29) is 5.69 Å². The second kappa shape index (κ2) is 5.24. The van der Waals surface area contributed by atoms with Crippen LogP contribution in [-0.2, 0) is 4.79 Å². The van der Waals surface area contributed by atoms with Crippen molar-refractivity contribution in [3.05, 3.63) is 45.6 Å². The van der Waals surface area contributed by atoms with Crippen molar-refractivity contribution in [3.8, 4) is 0 Å². The number of carboxylic acids is 1. The number of fused-ring (bicyclic) bond motifs is 1. The van der Waals surface area contributed by atoms with E-state index in [1.807, 2.05) is 0 Å². The lowest BCUT2D eigenvalue weighted by molar-refractivity contribution is -0.384. The molecule has 1 N–H and O–H groups in total. The topological polar surface area (TPSA) is 93.3 Å². The van der Waals surface area contributed by atoms with E-state index in [1.54, 1.807) is 26.0 Å². The number of carboxylic acid groups (broad SMARTS) is 1. The van der Waals surface area contributed by atoms with Gasteiger partial charge in [-0.05, 0) is 31.0 Å². The SMILES string of the molecule is CCC(C(=O)O)c1cc(C)nc2ccc([N+](=O)[O-])cc12. The molecule has 6 heteroatoms. The summed E-state index contributed by atoms with van der Waals surface area (Å²) < 4.78 is 0. The van der Waals surface area contributed by atoms with E-state index in [9.17, 15) is 20.0 Å². The van der Waals surface area contributed by atoms with Crippen molar-refractivity contribution in [1.29, 1.82) is 0 Å². The smallest absolute Gasteiger partial charge is 0.310 e. The summed E-state index contributed by atoms with van der Waals surface area (Å²) in [6.07, 6.45) is 0.413. The highest BCUT2D eigenvalue weighted by Crippen LogP contribution is 2.30. The van der Waals surface area contributed by atoms with Crippen LogP contribution in [0, 0.1) is 17.0 Å². The minimum atomic E-state index is -0.939. The summed E-state index contributed by atoms with van der Waals surface area (Å²) in [5.74, 6) is -1.63. The fourth-order valence-corrected chi connectivity index (χ4v) is 2.31. The van der Waals surface area contributed by atoms with Gasteiger partial charge >= 0.3 is 5.97 Å². The molecule has 2 aromatic rings. The number of rotatable bonds is 4. The standard InChI is InChI=1S/C14H14N2O4/c1-3-10(14(17)18)11-6-8(2)15-13-5-4-9(16(19)20)7-12(11)13/h4-7,10H,3H2,1-2H3,(H,17,18). The zero-order valence-corrected chi connectivity index (χ0v) is 11.2. The van der Waals surface area contributed by atoms with Gasteiger partial charge in [0.25, 0.3) is 5.69 Å². The van der Waals surface area contributed by atoms with Gasteiger partial charge in [0.1, 0.15) is 0 Å². The maximum atomic E-state index is 11.4. The molecule has 1 heterocycles. The Labute approximate surface area is 115 Å². The Balaban J connectivity index is 2.76. The maximum absolute atomic E-state index is 11.4. The number of aliphatic carboxylic acids is 1. The lowest BCUT2D eigenvalue weighted by Crippen LogP contribution is -2.11. The van der Waals surface area contributed by atoms with Crippen molar-refractivity contribution in [2.75, 3.05) is 0 Å². The van der Waals surface area contributed by atoms with Gasteiger partial charge < -0.3 is 5.11 Å². The van der Waals surface area contributed by atoms with Crippen molar-refractivity contribution in [3.63, 3.8) is 0 Å². The predicted molar refractivity (Wildman–Crippen MR) is 73.8 cm³/mol. The van der Waals surface area contributed by atoms with Crippen molar-refractivity contribution in [2.24, 2.45) is 0 Å². The van der Waals surface area contributed by atoms with Gasteiger partial charge in [-0.25, -0.2) is 0 Å². The lowest BCUT2D eigenvalue weighted by atomic mass is 9.92. The van der Waals surface area contributed by atoms with Gasteiger partial charge in [0.05, 0.1) is 16.4 Å². The fraction of sp³-hybridized carbons (Fsp3) is 0.286. The Morgan fingerprint density at radius 2 is 2.15 bits per heavy atom. The Kier molecular flexibility index (Phi) is 3.65. The Bertz CT molecular complexity index is 697. The zero-order chi connectivity index (χ0) is 14.9. The number of aromatic nitrogens is 1. The number of aryl methyl sites for hydroxylation is 1. The number of hydrogen-bond donors (Lipinski definition) is 1. The number of hydrogen-bond acceptors (Lipinski definition) is 4. The van der Waals surface area contributed by atoms with Crippen LogP contribution < -0.4 is 0 Å². The van der Waals surface area contributed by atoms with E-state index in [2.05, 4.69) is 4.98 Å². The van der Waals surface area contributed by atoms with Gasteiger partial charge in [-0.2, -0.15) is 0 Å². The monoisotopic (exact) mass is 274 g/mol. The normalized spacial score (nSPS) is 12.3. The van der Waals surface area contributed by atoms with Gasteiger partial charge in [0, 0.05) is 23.2 Å². The van der Waals surface area contributed by atoms with Crippen LogP contribution in [0.3, 0.4) is 0 Å². The van der Waals surface area contributed by atoms with Gasteiger partial charge in [-0.3, -0.25) is 19.9 Å². The number of nitro groups is 1. The van der Waals surface area contributed by atoms with Crippen molar-refractivity contribution < 1.29 is 14.8 Å². The second-order valence-corrected chi connectivity index (χ2v) is 4.61. The van der Waals surface area contributed by atoms with Crippen molar-refractivity contribution >= 4 is 22.6 Å². The molecule has 6 nitrogen and oxygen atoms in total. The molecule has 1 atom stereocenters. The first-order valence-corrected chi connectivity index (χ1v) is 6.22. The van der Waals surface area contributed by atoms with Crippen LogP contribution in [0.5, 0.6) is 0 Å². The minimum Gasteiger partial charge on any atom is -0.481 e. The third-order valence-electron chi connectivity index (χ3n) is 3.24. The van der Waals surface area contributed by atoms with E-state index < -0.39 is 16.8 Å². The third kappa shape index (κ3) is 2.45. The number of nitrogens with zero attached hydrogens (tertiary/aromatic N) is 2. The van der Waals surface area contributed by atoms with Crippen LogP contribution in [0.4, 0.5) is 5.69 Å². The highest BCUT2D eigenvalue weighted by atomic mass is 16.6. The van der Waals surface area contributed by atoms with Crippen LogP contribution in [0.15, 0.2) is 24.3 Å². The van der Waals surface area contributed by atoms with Crippen LogP contribution in [-0.4, -0.2) is 21.0 Å². The van der Waals surface area contributed by atoms with E-state index in [0.29, 0.717) is 28.6 Å². The van der Waals surface area contributed by atoms with Crippen LogP contribution in [0.25, 0.3) is 10.9 Å². The molecule has 0 bridgehead atoms. The Hall–Kier alpha value is -2.50. The van der Waals surface area contributed by atoms with Gasteiger partial charge in [0.2, 0.25) is 0 Å². The summed E-state index contributed by atoms with van der Waals surface area (Å²) in [5, 5.41) is 20.7. The molecule has 0 saturated heterocycles. The largest absolute Gasteiger partial charge is 0.481 e. The van der Waals surface area contributed by atoms with Crippen molar-refractivity contribution in [1.82, 2.24) is 4.98 Å². The van der Waals surface area contributed by atoms with E-state index in [4.69, 9.17) is 0 Å². The van der Waals surface area contributed by atoms with E-state index in [0.717, 1.165) is 0 Å². The summed E-state index contributed by atoms with van der Waals surface area (Å²) in [4.78, 5) is 26.0. The molecule has 0 amide bonds. The Morgan fingerprint density at radius 3 is 2.70 bits per heavy atom. The van der Waals surface area contributed by atoms with Gasteiger partial charge in [-0.15, -0.1) is 0 Å². The highest BCUT2D eigenvalue weighted by molar-refractivity contribution is 5.90. The molecule has 2 rings (SSSR count). The van der Waals surface area contributed by atoms with Crippen LogP contribution in [0.2, 0.25) is 0 Å². The fourth-order valence-electron chi connectivity index (χ4n) is 2.31. The van der Waals surface area contributed by atoms with Crippen molar-refractivity contribution in [2.45, 2.75) is 26.2 Å². The quantitative estimate of drug-likeness (QED) is 0.683. The highest BCUT2D eigenvalue weighted by Gasteiger charge is 2.22.